The molecule has 12 nitrogen and oxygen atoms in total. The summed E-state index contributed by atoms with van der Waals surface area (Å²) in [7, 11) is 0. The zero-order valence-electron chi connectivity index (χ0n) is 26.2. The zero-order chi connectivity index (χ0) is 32.2. The molecule has 2 N–H and O–H groups in total. The lowest BCUT2D eigenvalue weighted by atomic mass is 9.84. The number of rotatable bonds is 8. The molecule has 4 heterocycles. The van der Waals surface area contributed by atoms with Gasteiger partial charge in [0.1, 0.15) is 17.9 Å². The molecule has 0 radical (unpaired) electrons. The lowest BCUT2D eigenvalue weighted by Gasteiger charge is -2.40. The fourth-order valence-corrected chi connectivity index (χ4v) is 7.04. The highest BCUT2D eigenvalue weighted by molar-refractivity contribution is 6.04. The first-order chi connectivity index (χ1) is 22.3. The highest BCUT2D eigenvalue weighted by Crippen LogP contribution is 2.38. The fourth-order valence-electron chi connectivity index (χ4n) is 7.04. The number of carboxylic acid groups (broad SMARTS) is 1. The Hall–Kier alpha value is -4.26. The van der Waals surface area contributed by atoms with Crippen LogP contribution in [0.1, 0.15) is 68.3 Å². The number of nitrogens with one attached hydrogen (secondary N) is 1. The molecule has 0 bridgehead atoms. The topological polar surface area (TPSA) is 133 Å². The van der Waals surface area contributed by atoms with Gasteiger partial charge in [-0.2, -0.15) is 0 Å². The number of piperidine rings is 1. The van der Waals surface area contributed by atoms with Crippen LogP contribution in [0.15, 0.2) is 36.5 Å². The largest absolute Gasteiger partial charge is 0.476 e. The van der Waals surface area contributed by atoms with Crippen molar-refractivity contribution in [1.82, 2.24) is 29.2 Å². The van der Waals surface area contributed by atoms with E-state index in [-0.39, 0.29) is 23.9 Å². The van der Waals surface area contributed by atoms with Crippen molar-refractivity contribution in [2.75, 3.05) is 51.2 Å². The molecule has 0 spiro atoms. The number of halogens is 1. The van der Waals surface area contributed by atoms with Crippen LogP contribution in [0.25, 0.3) is 11.0 Å². The fraction of sp³-hybridized carbons (Fsp3) is 0.545. The highest BCUT2D eigenvalue weighted by atomic mass is 19.1. The van der Waals surface area contributed by atoms with Crippen molar-refractivity contribution in [3.05, 3.63) is 47.9 Å². The average Bonchev–Trinajstić information content (AvgIpc) is 3.42. The van der Waals surface area contributed by atoms with Gasteiger partial charge < -0.3 is 24.2 Å². The van der Waals surface area contributed by atoms with E-state index in [9.17, 15) is 23.9 Å². The van der Waals surface area contributed by atoms with Gasteiger partial charge in [-0.15, -0.1) is 0 Å². The van der Waals surface area contributed by atoms with Crippen molar-refractivity contribution in [2.24, 2.45) is 5.92 Å². The summed E-state index contributed by atoms with van der Waals surface area (Å²) in [5.74, 6) is -0.0507. The van der Waals surface area contributed by atoms with E-state index in [1.165, 1.54) is 48.4 Å². The zero-order valence-corrected chi connectivity index (χ0v) is 26.2. The Morgan fingerprint density at radius 1 is 1.02 bits per heavy atom. The summed E-state index contributed by atoms with van der Waals surface area (Å²) in [5.41, 5.74) is 1.71. The molecule has 13 heteroatoms. The molecule has 6 rings (SSSR count). The molecule has 1 aliphatic carbocycles. The summed E-state index contributed by atoms with van der Waals surface area (Å²) in [5, 5.41) is 12.3. The lowest BCUT2D eigenvalue weighted by Crippen LogP contribution is -2.56. The van der Waals surface area contributed by atoms with Gasteiger partial charge in [-0.25, -0.2) is 19.2 Å². The van der Waals surface area contributed by atoms with E-state index in [1.807, 2.05) is 17.6 Å². The predicted molar refractivity (Wildman–Crippen MR) is 169 cm³/mol. The van der Waals surface area contributed by atoms with E-state index < -0.39 is 17.8 Å². The van der Waals surface area contributed by atoms with Gasteiger partial charge in [0.05, 0.1) is 11.7 Å². The quantitative estimate of drug-likeness (QED) is 0.366. The van der Waals surface area contributed by atoms with E-state index in [0.717, 1.165) is 25.2 Å². The Kier molecular flexibility index (Phi) is 9.67. The molecule has 3 amide bonds. The molecule has 2 aromatic heterocycles. The van der Waals surface area contributed by atoms with Crippen molar-refractivity contribution in [3.63, 3.8) is 0 Å². The van der Waals surface area contributed by atoms with Gasteiger partial charge in [-0.1, -0.05) is 6.42 Å². The van der Waals surface area contributed by atoms with Crippen molar-refractivity contribution >= 4 is 34.9 Å². The second-order valence-corrected chi connectivity index (χ2v) is 12.6. The summed E-state index contributed by atoms with van der Waals surface area (Å²) in [6.45, 7) is 6.46. The third-order valence-electron chi connectivity index (χ3n) is 9.58. The molecule has 2 saturated heterocycles. The summed E-state index contributed by atoms with van der Waals surface area (Å²) in [6.07, 6.45) is 7.10. The van der Waals surface area contributed by atoms with Crippen LogP contribution < -0.4 is 10.1 Å². The first kappa shape index (κ1) is 31.7. The number of benzene rings is 1. The molecule has 1 saturated carbocycles. The summed E-state index contributed by atoms with van der Waals surface area (Å²) < 4.78 is 21.6. The summed E-state index contributed by atoms with van der Waals surface area (Å²) in [4.78, 5) is 52.9. The number of hydrogen-bond donors (Lipinski definition) is 2. The minimum absolute atomic E-state index is 0.0380. The van der Waals surface area contributed by atoms with E-state index in [2.05, 4.69) is 15.2 Å². The van der Waals surface area contributed by atoms with Crippen molar-refractivity contribution in [3.8, 4) is 5.88 Å². The monoisotopic (exact) mass is 635 g/mol. The normalized spacial score (nSPS) is 22.5. The molecule has 1 atom stereocenters. The Labute approximate surface area is 267 Å². The number of carbonyl (C=O) groups excluding carboxylic acids is 2. The number of pyridine rings is 1. The smallest absolute Gasteiger partial charge is 0.407 e. The first-order valence-corrected chi connectivity index (χ1v) is 16.3. The molecular formula is C33H42FN7O5. The van der Waals surface area contributed by atoms with E-state index in [0.29, 0.717) is 74.8 Å². The Morgan fingerprint density at radius 2 is 1.76 bits per heavy atom. The first-order valence-electron chi connectivity index (χ1n) is 16.3. The summed E-state index contributed by atoms with van der Waals surface area (Å²) in [6, 6.07) is 6.94. The number of hydrogen-bond acceptors (Lipinski definition) is 7. The van der Waals surface area contributed by atoms with Crippen molar-refractivity contribution in [1.29, 1.82) is 0 Å². The molecule has 46 heavy (non-hydrogen) atoms. The van der Waals surface area contributed by atoms with Crippen LogP contribution in [0.4, 0.5) is 15.1 Å². The van der Waals surface area contributed by atoms with Gasteiger partial charge in [0.15, 0.2) is 0 Å². The molecular weight excluding hydrogens is 593 g/mol. The number of amides is 3. The van der Waals surface area contributed by atoms with Crippen LogP contribution in [0.3, 0.4) is 0 Å². The lowest BCUT2D eigenvalue weighted by molar-refractivity contribution is -0.139. The van der Waals surface area contributed by atoms with Crippen LogP contribution in [0, 0.1) is 11.7 Å². The number of anilines is 1. The standard InChI is InChI=1S/C33H42FN7O5/c1-22-21-39(15-16-40(22)33(44)45)31(43)24-7-11-26(12-8-24)41-28-19-29(46-18-17-38-13-3-2-4-14-38)35-20-27(28)36-32(41)37-30(42)23-5-9-25(34)10-6-23/h5-6,9-10,19-20,22,24,26H,2-4,7-8,11-18,21H2,1H3,(H,44,45)(H,36,37,42)/t22-,24?,26?/m0/s1. The van der Waals surface area contributed by atoms with Crippen LogP contribution in [0.5, 0.6) is 5.88 Å². The molecule has 3 aliphatic rings. The average molecular weight is 636 g/mol. The van der Waals surface area contributed by atoms with Gasteiger partial charge in [0, 0.05) is 55.8 Å². The number of aromatic nitrogens is 3. The van der Waals surface area contributed by atoms with Gasteiger partial charge >= 0.3 is 6.09 Å². The molecule has 2 aliphatic heterocycles. The molecule has 246 valence electrons. The SMILES string of the molecule is C[C@H]1CN(C(=O)C2CCC(n3c(NC(=O)c4ccc(F)cc4)nc4cnc(OCCN5CCCCC5)cc43)CC2)CCN1C(=O)O. The van der Waals surface area contributed by atoms with Crippen LogP contribution >= 0.6 is 0 Å². The second kappa shape index (κ2) is 14.0. The number of imidazole rings is 1. The van der Waals surface area contributed by atoms with Crippen LogP contribution in [0.2, 0.25) is 0 Å². The minimum Gasteiger partial charge on any atom is -0.476 e. The minimum atomic E-state index is -0.958. The molecule has 3 aromatic rings. The van der Waals surface area contributed by atoms with E-state index in [4.69, 9.17) is 9.72 Å². The van der Waals surface area contributed by atoms with E-state index in [1.54, 1.807) is 11.1 Å². The number of piperazine rings is 1. The second-order valence-electron chi connectivity index (χ2n) is 12.6. The third kappa shape index (κ3) is 7.09. The Bertz CT molecular complexity index is 1550. The Morgan fingerprint density at radius 3 is 2.46 bits per heavy atom. The Balaban J connectivity index is 1.18. The maximum atomic E-state index is 13.5. The number of nitrogens with zero attached hydrogens (tertiary/aromatic N) is 6. The van der Waals surface area contributed by atoms with Gasteiger partial charge in [-0.05, 0) is 82.8 Å². The summed E-state index contributed by atoms with van der Waals surface area (Å²) >= 11 is 0. The molecule has 0 unspecified atom stereocenters. The van der Waals surface area contributed by atoms with Gasteiger partial charge in [-0.3, -0.25) is 19.8 Å². The number of carbonyl (C=O) groups is 3. The van der Waals surface area contributed by atoms with Gasteiger partial charge in [0.25, 0.3) is 5.91 Å². The van der Waals surface area contributed by atoms with E-state index >= 15 is 0 Å². The van der Waals surface area contributed by atoms with Gasteiger partial charge in [0.2, 0.25) is 17.7 Å². The maximum Gasteiger partial charge on any atom is 0.407 e. The predicted octanol–water partition coefficient (Wildman–Crippen LogP) is 4.63. The molecule has 3 fully saturated rings. The van der Waals surface area contributed by atoms with Crippen molar-refractivity contribution in [2.45, 2.75) is 64.0 Å². The van der Waals surface area contributed by atoms with Crippen LogP contribution in [-0.2, 0) is 4.79 Å². The number of ether oxygens (including phenoxy) is 1. The number of fused-ring (bicyclic) bond motifs is 1. The third-order valence-corrected chi connectivity index (χ3v) is 9.58. The number of likely N-dealkylation sites (tertiary alicyclic amines) is 1. The highest BCUT2D eigenvalue weighted by Gasteiger charge is 2.35. The van der Waals surface area contributed by atoms with Crippen LogP contribution in [-0.4, -0.2) is 104 Å². The van der Waals surface area contributed by atoms with Crippen molar-refractivity contribution < 1.29 is 28.6 Å². The molecule has 1 aromatic carbocycles. The maximum absolute atomic E-state index is 13.5.